The van der Waals surface area contributed by atoms with E-state index >= 15 is 0 Å². The number of thioether (sulfide) groups is 1. The van der Waals surface area contributed by atoms with Crippen molar-refractivity contribution in [2.75, 3.05) is 32.1 Å². The SMILES string of the molecule is CCOCCCNCCSCc1ccccc1. The summed E-state index contributed by atoms with van der Waals surface area (Å²) in [4.78, 5) is 0. The van der Waals surface area contributed by atoms with E-state index in [1.807, 2.05) is 18.7 Å². The molecular formula is C14H23NOS. The lowest BCUT2D eigenvalue weighted by molar-refractivity contribution is 0.145. The topological polar surface area (TPSA) is 21.3 Å². The van der Waals surface area contributed by atoms with Crippen LogP contribution in [-0.2, 0) is 10.5 Å². The third kappa shape index (κ3) is 8.25. The fourth-order valence-electron chi connectivity index (χ4n) is 1.48. The Labute approximate surface area is 109 Å². The lowest BCUT2D eigenvalue weighted by Crippen LogP contribution is -2.19. The van der Waals surface area contributed by atoms with Gasteiger partial charge in [-0.1, -0.05) is 30.3 Å². The van der Waals surface area contributed by atoms with E-state index in [4.69, 9.17) is 4.74 Å². The van der Waals surface area contributed by atoms with Crippen LogP contribution in [-0.4, -0.2) is 32.1 Å². The minimum Gasteiger partial charge on any atom is -0.382 e. The Morgan fingerprint density at radius 1 is 1.18 bits per heavy atom. The fourth-order valence-corrected chi connectivity index (χ4v) is 2.34. The summed E-state index contributed by atoms with van der Waals surface area (Å²) < 4.78 is 5.27. The van der Waals surface area contributed by atoms with Crippen LogP contribution in [0.4, 0.5) is 0 Å². The molecule has 0 aliphatic rings. The molecule has 0 amide bonds. The van der Waals surface area contributed by atoms with Gasteiger partial charge in [0.15, 0.2) is 0 Å². The van der Waals surface area contributed by atoms with Crippen molar-refractivity contribution < 1.29 is 4.74 Å². The molecule has 0 aromatic heterocycles. The molecule has 0 radical (unpaired) electrons. The number of nitrogens with one attached hydrogen (secondary N) is 1. The van der Waals surface area contributed by atoms with Gasteiger partial charge in [0, 0.05) is 31.3 Å². The number of rotatable bonds is 10. The first-order valence-electron chi connectivity index (χ1n) is 6.33. The molecule has 1 aromatic carbocycles. The van der Waals surface area contributed by atoms with Gasteiger partial charge in [0.25, 0.3) is 0 Å². The molecule has 2 nitrogen and oxygen atoms in total. The Bertz CT molecular complexity index is 266. The largest absolute Gasteiger partial charge is 0.382 e. The maximum absolute atomic E-state index is 5.27. The Morgan fingerprint density at radius 2 is 2.00 bits per heavy atom. The van der Waals surface area contributed by atoms with E-state index in [1.54, 1.807) is 0 Å². The summed E-state index contributed by atoms with van der Waals surface area (Å²) in [5.74, 6) is 2.28. The van der Waals surface area contributed by atoms with Gasteiger partial charge in [-0.3, -0.25) is 0 Å². The predicted octanol–water partition coefficient (Wildman–Crippen LogP) is 2.94. The minimum atomic E-state index is 0.826. The van der Waals surface area contributed by atoms with E-state index in [0.717, 1.165) is 38.5 Å². The molecule has 0 saturated heterocycles. The standard InChI is InChI=1S/C14H23NOS/c1-2-16-11-6-9-15-10-12-17-13-14-7-4-3-5-8-14/h3-5,7-8,15H,2,6,9-13H2,1H3. The summed E-state index contributed by atoms with van der Waals surface area (Å²) in [7, 11) is 0. The molecule has 0 spiro atoms. The monoisotopic (exact) mass is 253 g/mol. The average molecular weight is 253 g/mol. The van der Waals surface area contributed by atoms with Gasteiger partial charge < -0.3 is 10.1 Å². The second kappa shape index (κ2) is 10.6. The first-order chi connectivity index (χ1) is 8.43. The van der Waals surface area contributed by atoms with E-state index in [0.29, 0.717) is 0 Å². The van der Waals surface area contributed by atoms with Gasteiger partial charge in [-0.15, -0.1) is 0 Å². The third-order valence-corrected chi connectivity index (χ3v) is 3.41. The summed E-state index contributed by atoms with van der Waals surface area (Å²) in [6.45, 7) is 5.89. The Hall–Kier alpha value is -0.510. The number of ether oxygens (including phenoxy) is 1. The molecule has 0 bridgehead atoms. The first-order valence-corrected chi connectivity index (χ1v) is 7.49. The lowest BCUT2D eigenvalue weighted by Gasteiger charge is -2.05. The Kier molecular flexibility index (Phi) is 9.10. The lowest BCUT2D eigenvalue weighted by atomic mass is 10.2. The van der Waals surface area contributed by atoms with E-state index < -0.39 is 0 Å². The molecule has 1 N–H and O–H groups in total. The highest BCUT2D eigenvalue weighted by atomic mass is 32.2. The predicted molar refractivity (Wildman–Crippen MR) is 76.6 cm³/mol. The van der Waals surface area contributed by atoms with Crippen molar-refractivity contribution in [3.05, 3.63) is 35.9 Å². The van der Waals surface area contributed by atoms with Gasteiger partial charge >= 0.3 is 0 Å². The van der Waals surface area contributed by atoms with Crippen molar-refractivity contribution in [1.29, 1.82) is 0 Å². The van der Waals surface area contributed by atoms with Gasteiger partial charge in [-0.25, -0.2) is 0 Å². The summed E-state index contributed by atoms with van der Waals surface area (Å²) >= 11 is 1.98. The first kappa shape index (κ1) is 14.6. The van der Waals surface area contributed by atoms with Gasteiger partial charge in [-0.2, -0.15) is 11.8 Å². The molecule has 0 unspecified atom stereocenters. The van der Waals surface area contributed by atoms with Crippen molar-refractivity contribution in [3.8, 4) is 0 Å². The van der Waals surface area contributed by atoms with Crippen molar-refractivity contribution >= 4 is 11.8 Å². The molecule has 0 saturated carbocycles. The maximum Gasteiger partial charge on any atom is 0.0477 e. The highest BCUT2D eigenvalue weighted by Gasteiger charge is 1.92. The zero-order valence-corrected chi connectivity index (χ0v) is 11.5. The van der Waals surface area contributed by atoms with E-state index in [9.17, 15) is 0 Å². The Morgan fingerprint density at radius 3 is 2.76 bits per heavy atom. The number of hydrogen-bond donors (Lipinski definition) is 1. The smallest absolute Gasteiger partial charge is 0.0477 e. The summed E-state index contributed by atoms with van der Waals surface area (Å²) in [6, 6.07) is 10.6. The van der Waals surface area contributed by atoms with Crippen molar-refractivity contribution in [2.45, 2.75) is 19.1 Å². The van der Waals surface area contributed by atoms with Crippen LogP contribution >= 0.6 is 11.8 Å². The van der Waals surface area contributed by atoms with Gasteiger partial charge in [0.1, 0.15) is 0 Å². The zero-order valence-electron chi connectivity index (χ0n) is 10.7. The highest BCUT2D eigenvalue weighted by Crippen LogP contribution is 2.10. The molecule has 1 rings (SSSR count). The van der Waals surface area contributed by atoms with Crippen molar-refractivity contribution in [1.82, 2.24) is 5.32 Å². The van der Waals surface area contributed by atoms with Gasteiger partial charge in [0.2, 0.25) is 0 Å². The van der Waals surface area contributed by atoms with Crippen molar-refractivity contribution in [3.63, 3.8) is 0 Å². The van der Waals surface area contributed by atoms with Crippen LogP contribution in [0.3, 0.4) is 0 Å². The van der Waals surface area contributed by atoms with Gasteiger partial charge in [0.05, 0.1) is 0 Å². The fraction of sp³-hybridized carbons (Fsp3) is 0.571. The molecule has 0 atom stereocenters. The second-order valence-electron chi connectivity index (χ2n) is 3.84. The average Bonchev–Trinajstić information content (AvgIpc) is 2.38. The third-order valence-electron chi connectivity index (χ3n) is 2.38. The summed E-state index contributed by atoms with van der Waals surface area (Å²) in [6.07, 6.45) is 1.11. The normalized spacial score (nSPS) is 10.6. The highest BCUT2D eigenvalue weighted by molar-refractivity contribution is 7.98. The quantitative estimate of drug-likeness (QED) is 0.648. The number of hydrogen-bond acceptors (Lipinski definition) is 3. The van der Waals surface area contributed by atoms with Crippen LogP contribution in [0.2, 0.25) is 0 Å². The van der Waals surface area contributed by atoms with Crippen LogP contribution in [0.5, 0.6) is 0 Å². The molecule has 17 heavy (non-hydrogen) atoms. The minimum absolute atomic E-state index is 0.826. The molecule has 0 aliphatic heterocycles. The van der Waals surface area contributed by atoms with E-state index in [-0.39, 0.29) is 0 Å². The molecule has 3 heteroatoms. The molecule has 96 valence electrons. The van der Waals surface area contributed by atoms with Crippen LogP contribution in [0, 0.1) is 0 Å². The number of benzene rings is 1. The zero-order chi connectivity index (χ0) is 12.2. The van der Waals surface area contributed by atoms with Crippen LogP contribution in [0.25, 0.3) is 0 Å². The van der Waals surface area contributed by atoms with Crippen LogP contribution in [0.15, 0.2) is 30.3 Å². The van der Waals surface area contributed by atoms with E-state index in [1.165, 1.54) is 11.3 Å². The molecule has 1 aromatic rings. The molecule has 0 aliphatic carbocycles. The maximum atomic E-state index is 5.27. The summed E-state index contributed by atoms with van der Waals surface area (Å²) in [5.41, 5.74) is 1.41. The molecule has 0 heterocycles. The van der Waals surface area contributed by atoms with E-state index in [2.05, 4.69) is 35.6 Å². The van der Waals surface area contributed by atoms with Gasteiger partial charge in [-0.05, 0) is 25.5 Å². The molecular weight excluding hydrogens is 230 g/mol. The van der Waals surface area contributed by atoms with Crippen LogP contribution < -0.4 is 5.32 Å². The van der Waals surface area contributed by atoms with Crippen LogP contribution in [0.1, 0.15) is 18.9 Å². The molecule has 0 fully saturated rings. The Balaban J connectivity index is 1.85. The van der Waals surface area contributed by atoms with Crippen molar-refractivity contribution in [2.24, 2.45) is 0 Å². The summed E-state index contributed by atoms with van der Waals surface area (Å²) in [5, 5.41) is 3.43. The second-order valence-corrected chi connectivity index (χ2v) is 4.94.